The van der Waals surface area contributed by atoms with Crippen molar-refractivity contribution in [3.8, 4) is 11.5 Å². The Kier molecular flexibility index (Phi) is 8.90. The van der Waals surface area contributed by atoms with E-state index in [1.54, 1.807) is 84.9 Å². The minimum absolute atomic E-state index is 0.0924. The molecule has 0 bridgehead atoms. The van der Waals surface area contributed by atoms with E-state index in [0.29, 0.717) is 35.8 Å². The molecule has 0 atom stereocenters. The highest BCUT2D eigenvalue weighted by Gasteiger charge is 2.34. The van der Waals surface area contributed by atoms with Gasteiger partial charge in [-0.25, -0.2) is 0 Å². The molecule has 4 aromatic rings. The van der Waals surface area contributed by atoms with Crippen LogP contribution in [0.3, 0.4) is 0 Å². The molecule has 4 aromatic carbocycles. The van der Waals surface area contributed by atoms with Crippen LogP contribution in [0.1, 0.15) is 80.3 Å². The monoisotopic (exact) mass is 590 g/mol. The van der Waals surface area contributed by atoms with Gasteiger partial charge < -0.3 is 20.1 Å². The van der Waals surface area contributed by atoms with Gasteiger partial charge in [-0.1, -0.05) is 76.2 Å². The van der Waals surface area contributed by atoms with E-state index in [9.17, 15) is 19.2 Å². The minimum atomic E-state index is -0.469. The molecule has 2 N–H and O–H groups in total. The number of benzene rings is 4. The zero-order valence-electron chi connectivity index (χ0n) is 25.1. The molecular weight excluding hydrogens is 556 g/mol. The molecular formula is C36H34N2O6. The quantitative estimate of drug-likeness (QED) is 0.181. The Labute approximate surface area is 256 Å². The van der Waals surface area contributed by atoms with E-state index >= 15 is 0 Å². The van der Waals surface area contributed by atoms with E-state index in [-0.39, 0.29) is 45.5 Å². The number of hydrogen-bond donors (Lipinski definition) is 2. The summed E-state index contributed by atoms with van der Waals surface area (Å²) in [5.74, 6) is -0.442. The first-order valence-corrected chi connectivity index (χ1v) is 14.6. The van der Waals surface area contributed by atoms with E-state index in [2.05, 4.69) is 10.6 Å². The van der Waals surface area contributed by atoms with Crippen LogP contribution < -0.4 is 20.1 Å². The third kappa shape index (κ3) is 6.24. The molecule has 0 aromatic heterocycles. The Morgan fingerprint density at radius 3 is 1.34 bits per heavy atom. The highest BCUT2D eigenvalue weighted by atomic mass is 16.5. The van der Waals surface area contributed by atoms with Crippen LogP contribution in [-0.2, 0) is 0 Å². The lowest BCUT2D eigenvalue weighted by molar-refractivity contribution is 0.0977. The smallest absolute Gasteiger partial charge is 0.259 e. The number of rotatable bonds is 10. The van der Waals surface area contributed by atoms with E-state index in [4.69, 9.17) is 9.47 Å². The summed E-state index contributed by atoms with van der Waals surface area (Å²) in [7, 11) is 0. The van der Waals surface area contributed by atoms with Gasteiger partial charge in [0.2, 0.25) is 0 Å². The van der Waals surface area contributed by atoms with Crippen molar-refractivity contribution >= 4 is 34.8 Å². The van der Waals surface area contributed by atoms with E-state index in [0.717, 1.165) is 0 Å². The Morgan fingerprint density at radius 1 is 0.568 bits per heavy atom. The number of para-hydroxylation sites is 2. The van der Waals surface area contributed by atoms with Crippen molar-refractivity contribution < 1.29 is 28.7 Å². The van der Waals surface area contributed by atoms with Crippen LogP contribution in [0.4, 0.5) is 11.4 Å². The first kappa shape index (κ1) is 30.2. The van der Waals surface area contributed by atoms with Crippen LogP contribution in [0.25, 0.3) is 0 Å². The Morgan fingerprint density at radius 2 is 0.955 bits per heavy atom. The van der Waals surface area contributed by atoms with Gasteiger partial charge >= 0.3 is 0 Å². The molecule has 5 rings (SSSR count). The second kappa shape index (κ2) is 13.0. The molecule has 0 unspecified atom stereocenters. The SMILES string of the molecule is CC(C)COc1ccccc1C(=O)Nc1cccc2c1C(=O)c1cccc(NC(=O)c3ccccc3OCC(C)C)c1C2=O. The van der Waals surface area contributed by atoms with Crippen LogP contribution in [0, 0.1) is 11.8 Å². The predicted molar refractivity (Wildman–Crippen MR) is 169 cm³/mol. The summed E-state index contributed by atoms with van der Waals surface area (Å²) in [6.45, 7) is 8.92. The zero-order chi connectivity index (χ0) is 31.4. The van der Waals surface area contributed by atoms with Crippen LogP contribution in [-0.4, -0.2) is 36.6 Å². The highest BCUT2D eigenvalue weighted by molar-refractivity contribution is 6.33. The number of carbonyl (C=O) groups is 4. The maximum Gasteiger partial charge on any atom is 0.259 e. The van der Waals surface area contributed by atoms with Crippen LogP contribution in [0.15, 0.2) is 84.9 Å². The minimum Gasteiger partial charge on any atom is -0.492 e. The average molecular weight is 591 g/mol. The summed E-state index contributed by atoms with van der Waals surface area (Å²) < 4.78 is 11.7. The number of carbonyl (C=O) groups excluding carboxylic acids is 4. The maximum atomic E-state index is 13.9. The van der Waals surface area contributed by atoms with Gasteiger partial charge in [-0.15, -0.1) is 0 Å². The fourth-order valence-electron chi connectivity index (χ4n) is 4.90. The van der Waals surface area contributed by atoms with Gasteiger partial charge in [0.25, 0.3) is 11.8 Å². The maximum absolute atomic E-state index is 13.9. The number of ketones is 2. The van der Waals surface area contributed by atoms with Gasteiger partial charge in [-0.05, 0) is 48.2 Å². The fourth-order valence-corrected chi connectivity index (χ4v) is 4.90. The van der Waals surface area contributed by atoms with Gasteiger partial charge in [0.15, 0.2) is 11.6 Å². The number of amides is 2. The van der Waals surface area contributed by atoms with Gasteiger partial charge in [0.05, 0.1) is 46.8 Å². The lowest BCUT2D eigenvalue weighted by Gasteiger charge is -2.23. The standard InChI is InChI=1S/C36H34N2O6/c1-21(2)19-43-29-17-7-5-11-23(29)35(41)37-27-15-9-13-25-31(27)33(39)26-14-10-16-28(32(26)34(25)40)38-36(42)24-12-6-8-18-30(24)44-20-22(3)4/h5-18,21-22H,19-20H2,1-4H3,(H,37,41)(H,38,42). The predicted octanol–water partition coefficient (Wildman–Crippen LogP) is 7.04. The lowest BCUT2D eigenvalue weighted by Crippen LogP contribution is -2.26. The van der Waals surface area contributed by atoms with E-state index < -0.39 is 23.4 Å². The van der Waals surface area contributed by atoms with Gasteiger partial charge in [-0.2, -0.15) is 0 Å². The van der Waals surface area contributed by atoms with Gasteiger partial charge in [0.1, 0.15) is 11.5 Å². The van der Waals surface area contributed by atoms with Crippen molar-refractivity contribution in [2.75, 3.05) is 23.8 Å². The third-order valence-corrected chi connectivity index (χ3v) is 6.98. The molecule has 8 heteroatoms. The van der Waals surface area contributed by atoms with Crippen molar-refractivity contribution in [1.82, 2.24) is 0 Å². The van der Waals surface area contributed by atoms with E-state index in [1.165, 1.54) is 0 Å². The summed E-state index contributed by atoms with van der Waals surface area (Å²) in [5, 5.41) is 5.63. The third-order valence-electron chi connectivity index (χ3n) is 6.98. The summed E-state index contributed by atoms with van der Waals surface area (Å²) in [5.41, 5.74) is 1.48. The van der Waals surface area contributed by atoms with Crippen molar-refractivity contribution in [2.45, 2.75) is 27.7 Å². The first-order chi connectivity index (χ1) is 21.2. The molecule has 224 valence electrons. The lowest BCUT2D eigenvalue weighted by atomic mass is 9.82. The number of hydrogen-bond acceptors (Lipinski definition) is 6. The molecule has 0 aliphatic heterocycles. The Hall–Kier alpha value is -5.24. The second-order valence-corrected chi connectivity index (χ2v) is 11.4. The fraction of sp³-hybridized carbons (Fsp3) is 0.222. The van der Waals surface area contributed by atoms with Crippen molar-refractivity contribution in [1.29, 1.82) is 0 Å². The molecule has 0 fully saturated rings. The molecule has 0 radical (unpaired) electrons. The van der Waals surface area contributed by atoms with Gasteiger partial charge in [0, 0.05) is 11.1 Å². The molecule has 0 spiro atoms. The summed E-state index contributed by atoms with van der Waals surface area (Å²) in [6, 6.07) is 23.2. The number of nitrogens with one attached hydrogen (secondary N) is 2. The van der Waals surface area contributed by atoms with Gasteiger partial charge in [-0.3, -0.25) is 19.2 Å². The molecule has 0 saturated carbocycles. The molecule has 0 heterocycles. The largest absolute Gasteiger partial charge is 0.492 e. The topological polar surface area (TPSA) is 111 Å². The van der Waals surface area contributed by atoms with Crippen molar-refractivity contribution in [3.63, 3.8) is 0 Å². The molecule has 2 amide bonds. The zero-order valence-corrected chi connectivity index (χ0v) is 25.1. The molecule has 1 aliphatic carbocycles. The van der Waals surface area contributed by atoms with E-state index in [1.807, 2.05) is 27.7 Å². The Balaban J connectivity index is 1.44. The van der Waals surface area contributed by atoms with Crippen molar-refractivity contribution in [3.05, 3.63) is 118 Å². The summed E-state index contributed by atoms with van der Waals surface area (Å²) in [4.78, 5) is 54.5. The summed E-state index contributed by atoms with van der Waals surface area (Å²) in [6.07, 6.45) is 0. The van der Waals surface area contributed by atoms with Crippen LogP contribution in [0.5, 0.6) is 11.5 Å². The molecule has 44 heavy (non-hydrogen) atoms. The first-order valence-electron chi connectivity index (χ1n) is 14.6. The molecule has 0 saturated heterocycles. The Bertz CT molecular complexity index is 1630. The molecule has 8 nitrogen and oxygen atoms in total. The normalized spacial score (nSPS) is 12.0. The summed E-state index contributed by atoms with van der Waals surface area (Å²) >= 11 is 0. The highest BCUT2D eigenvalue weighted by Crippen LogP contribution is 2.36. The molecule has 1 aliphatic rings. The number of ether oxygens (including phenoxy) is 2. The second-order valence-electron chi connectivity index (χ2n) is 11.4. The average Bonchev–Trinajstić information content (AvgIpc) is 3.01. The number of fused-ring (bicyclic) bond motifs is 2. The van der Waals surface area contributed by atoms with Crippen molar-refractivity contribution in [2.24, 2.45) is 11.8 Å². The van der Waals surface area contributed by atoms with Crippen LogP contribution in [0.2, 0.25) is 0 Å². The van der Waals surface area contributed by atoms with Crippen LogP contribution >= 0.6 is 0 Å². The number of anilines is 2.